The molecule has 0 fully saturated rings. The molecule has 1 aromatic heterocycles. The molecule has 3 rings (SSSR count). The number of pyridine rings is 1. The Morgan fingerprint density at radius 3 is 2.33 bits per heavy atom. The Bertz CT molecular complexity index is 943. The molecule has 1 heterocycles. The van der Waals surface area contributed by atoms with Crippen LogP contribution in [0.1, 0.15) is 11.3 Å². The van der Waals surface area contributed by atoms with E-state index in [4.69, 9.17) is 4.74 Å². The minimum atomic E-state index is -4.47. The molecule has 0 aliphatic heterocycles. The van der Waals surface area contributed by atoms with Crippen LogP contribution in [0.4, 0.5) is 18.9 Å². The van der Waals surface area contributed by atoms with Crippen molar-refractivity contribution in [2.75, 3.05) is 11.9 Å². The van der Waals surface area contributed by atoms with Crippen molar-refractivity contribution >= 4 is 5.69 Å². The second kappa shape index (κ2) is 8.28. The maximum absolute atomic E-state index is 12.6. The molecule has 1 N–H and O–H groups in total. The van der Waals surface area contributed by atoms with Crippen molar-refractivity contribution in [1.82, 2.24) is 4.98 Å². The van der Waals surface area contributed by atoms with E-state index in [-0.39, 0.29) is 6.54 Å². The summed E-state index contributed by atoms with van der Waals surface area (Å²) in [5, 5.41) is 2.83. The van der Waals surface area contributed by atoms with Gasteiger partial charge in [0.2, 0.25) is 0 Å². The van der Waals surface area contributed by atoms with Crippen LogP contribution >= 0.6 is 0 Å². The van der Waals surface area contributed by atoms with Crippen LogP contribution < -0.4 is 10.1 Å². The summed E-state index contributed by atoms with van der Waals surface area (Å²) in [4.78, 5) is 3.31. The molecule has 0 saturated heterocycles. The van der Waals surface area contributed by atoms with E-state index in [2.05, 4.69) is 22.1 Å². The minimum absolute atomic E-state index is 0.212. The Morgan fingerprint density at radius 2 is 1.63 bits per heavy atom. The Kier molecular flexibility index (Phi) is 5.62. The normalized spacial score (nSPS) is 10.6. The Labute approximate surface area is 154 Å². The Hall–Kier alpha value is -3.46. The number of ether oxygens (including phenoxy) is 1. The predicted octanol–water partition coefficient (Wildman–Crippen LogP) is 5.36. The average Bonchev–Trinajstić information content (AvgIpc) is 2.67. The lowest BCUT2D eigenvalue weighted by atomic mass is 10.2. The highest BCUT2D eigenvalue weighted by molar-refractivity contribution is 5.46. The zero-order valence-electron chi connectivity index (χ0n) is 14.1. The van der Waals surface area contributed by atoms with Gasteiger partial charge in [0.15, 0.2) is 0 Å². The molecule has 0 atom stereocenters. The van der Waals surface area contributed by atoms with E-state index >= 15 is 0 Å². The van der Waals surface area contributed by atoms with Crippen LogP contribution in [-0.4, -0.2) is 11.5 Å². The lowest BCUT2D eigenvalue weighted by Gasteiger charge is -2.07. The monoisotopic (exact) mass is 368 g/mol. The van der Waals surface area contributed by atoms with Crippen molar-refractivity contribution in [2.24, 2.45) is 0 Å². The average molecular weight is 368 g/mol. The number of benzene rings is 2. The van der Waals surface area contributed by atoms with E-state index < -0.39 is 11.9 Å². The molecule has 3 nitrogen and oxygen atoms in total. The smallest absolute Gasteiger partial charge is 0.433 e. The second-order valence-electron chi connectivity index (χ2n) is 5.52. The first-order valence-electron chi connectivity index (χ1n) is 8.10. The molecule has 0 amide bonds. The minimum Gasteiger partial charge on any atom is -0.457 e. The summed E-state index contributed by atoms with van der Waals surface area (Å²) in [6, 6.07) is 19.1. The van der Waals surface area contributed by atoms with Gasteiger partial charge in [-0.2, -0.15) is 13.2 Å². The van der Waals surface area contributed by atoms with Gasteiger partial charge in [-0.3, -0.25) is 4.98 Å². The van der Waals surface area contributed by atoms with Gasteiger partial charge < -0.3 is 10.1 Å². The predicted molar refractivity (Wildman–Crippen MR) is 97.6 cm³/mol. The van der Waals surface area contributed by atoms with Gasteiger partial charge in [-0.25, -0.2) is 0 Å². The second-order valence-corrected chi connectivity index (χ2v) is 5.52. The fourth-order valence-electron chi connectivity index (χ4n) is 2.22. The summed E-state index contributed by atoms with van der Waals surface area (Å²) in [5.74, 6) is 7.26. The van der Waals surface area contributed by atoms with Gasteiger partial charge in [0, 0.05) is 17.4 Å². The summed E-state index contributed by atoms with van der Waals surface area (Å²) >= 11 is 0. The zero-order chi connectivity index (χ0) is 19.1. The molecule has 0 radical (unpaired) electrons. The molecule has 6 heteroatoms. The van der Waals surface area contributed by atoms with E-state index in [1.165, 1.54) is 6.07 Å². The quantitative estimate of drug-likeness (QED) is 0.630. The first-order chi connectivity index (χ1) is 13.0. The van der Waals surface area contributed by atoms with Crippen LogP contribution in [0.3, 0.4) is 0 Å². The highest BCUT2D eigenvalue weighted by Gasteiger charge is 2.32. The van der Waals surface area contributed by atoms with Crippen LogP contribution in [0.5, 0.6) is 11.5 Å². The largest absolute Gasteiger partial charge is 0.457 e. The van der Waals surface area contributed by atoms with Crippen molar-refractivity contribution in [2.45, 2.75) is 6.18 Å². The molecule has 0 aliphatic rings. The van der Waals surface area contributed by atoms with Crippen LogP contribution in [0.15, 0.2) is 72.9 Å². The molecule has 0 saturated carbocycles. The van der Waals surface area contributed by atoms with Crippen molar-refractivity contribution in [1.29, 1.82) is 0 Å². The van der Waals surface area contributed by atoms with Gasteiger partial charge in [-0.05, 0) is 48.5 Å². The molecule has 0 bridgehead atoms. The standard InChI is InChI=1S/C21H15F3N2O/c22-21(23,24)20-15-17(12-14-26-20)25-13-4-5-16-8-10-19(11-9-16)27-18-6-2-1-3-7-18/h1-3,6-12,14-15H,13H2,(H,25,26). The molecule has 0 spiro atoms. The molecule has 2 aromatic carbocycles. The number of aromatic nitrogens is 1. The Morgan fingerprint density at radius 1 is 0.926 bits per heavy atom. The first-order valence-corrected chi connectivity index (χ1v) is 8.10. The fourth-order valence-corrected chi connectivity index (χ4v) is 2.22. The van der Waals surface area contributed by atoms with Gasteiger partial charge in [0.05, 0.1) is 6.54 Å². The summed E-state index contributed by atoms with van der Waals surface area (Å²) in [5.41, 5.74) is 0.163. The van der Waals surface area contributed by atoms with E-state index in [1.807, 2.05) is 54.6 Å². The number of hydrogen-bond donors (Lipinski definition) is 1. The third kappa shape index (κ3) is 5.51. The maximum Gasteiger partial charge on any atom is 0.433 e. The first kappa shape index (κ1) is 18.3. The summed E-state index contributed by atoms with van der Waals surface area (Å²) in [6.45, 7) is 0.212. The molecule has 27 heavy (non-hydrogen) atoms. The molecule has 0 unspecified atom stereocenters. The van der Waals surface area contributed by atoms with Crippen LogP contribution in [0, 0.1) is 11.8 Å². The number of hydrogen-bond acceptors (Lipinski definition) is 3. The van der Waals surface area contributed by atoms with Crippen molar-refractivity contribution in [3.63, 3.8) is 0 Å². The van der Waals surface area contributed by atoms with Gasteiger partial charge in [-0.1, -0.05) is 30.0 Å². The number of nitrogens with zero attached hydrogens (tertiary/aromatic N) is 1. The van der Waals surface area contributed by atoms with Crippen molar-refractivity contribution in [3.8, 4) is 23.3 Å². The fraction of sp³-hybridized carbons (Fsp3) is 0.0952. The number of rotatable bonds is 4. The lowest BCUT2D eigenvalue weighted by Crippen LogP contribution is -2.09. The third-order valence-electron chi connectivity index (χ3n) is 3.50. The molecular formula is C21H15F3N2O. The van der Waals surface area contributed by atoms with Gasteiger partial charge >= 0.3 is 6.18 Å². The van der Waals surface area contributed by atoms with E-state index in [9.17, 15) is 13.2 Å². The summed E-state index contributed by atoms with van der Waals surface area (Å²) < 4.78 is 43.6. The molecule has 0 aliphatic carbocycles. The number of para-hydroxylation sites is 1. The third-order valence-corrected chi connectivity index (χ3v) is 3.50. The highest BCUT2D eigenvalue weighted by atomic mass is 19.4. The SMILES string of the molecule is FC(F)(F)c1cc(NCC#Cc2ccc(Oc3ccccc3)cc2)ccn1. The van der Waals surface area contributed by atoms with E-state index in [0.29, 0.717) is 11.4 Å². The number of alkyl halides is 3. The summed E-state index contributed by atoms with van der Waals surface area (Å²) in [6.07, 6.45) is -3.35. The van der Waals surface area contributed by atoms with Gasteiger partial charge in [0.1, 0.15) is 17.2 Å². The van der Waals surface area contributed by atoms with E-state index in [0.717, 1.165) is 23.6 Å². The highest BCUT2D eigenvalue weighted by Crippen LogP contribution is 2.28. The van der Waals surface area contributed by atoms with Crippen LogP contribution in [0.2, 0.25) is 0 Å². The molecule has 136 valence electrons. The Balaban J connectivity index is 1.55. The van der Waals surface area contributed by atoms with Gasteiger partial charge in [0.25, 0.3) is 0 Å². The summed E-state index contributed by atoms with van der Waals surface area (Å²) in [7, 11) is 0. The molecule has 3 aromatic rings. The van der Waals surface area contributed by atoms with Crippen molar-refractivity contribution < 1.29 is 17.9 Å². The topological polar surface area (TPSA) is 34.1 Å². The maximum atomic E-state index is 12.6. The van der Waals surface area contributed by atoms with Gasteiger partial charge in [-0.15, -0.1) is 0 Å². The lowest BCUT2D eigenvalue weighted by molar-refractivity contribution is -0.141. The van der Waals surface area contributed by atoms with Crippen LogP contribution in [0.25, 0.3) is 0 Å². The number of halogens is 3. The molecular weight excluding hydrogens is 353 g/mol. The number of anilines is 1. The van der Waals surface area contributed by atoms with E-state index in [1.54, 1.807) is 0 Å². The number of nitrogens with one attached hydrogen (secondary N) is 1. The van der Waals surface area contributed by atoms with Crippen molar-refractivity contribution in [3.05, 3.63) is 84.2 Å². The van der Waals surface area contributed by atoms with Crippen LogP contribution in [-0.2, 0) is 6.18 Å². The zero-order valence-corrected chi connectivity index (χ0v) is 14.1.